The van der Waals surface area contributed by atoms with E-state index in [1.165, 1.54) is 38.6 Å². The monoisotopic (exact) mass is 277 g/mol. The number of urea groups is 1. The van der Waals surface area contributed by atoms with E-state index in [0.29, 0.717) is 11.9 Å². The highest BCUT2D eigenvalue weighted by Gasteiger charge is 2.35. The van der Waals surface area contributed by atoms with Gasteiger partial charge in [-0.3, -0.25) is 14.9 Å². The standard InChI is InChI=1S/C14H23N5O/c1-18-9-7-13(17-18)16-14(20)15-10-12-4-2-3-8-19(12)11-5-6-11/h7,9,11-12H,2-6,8,10H2,1H3,(H2,15,16,17,20). The van der Waals surface area contributed by atoms with Crippen LogP contribution in [0.5, 0.6) is 0 Å². The summed E-state index contributed by atoms with van der Waals surface area (Å²) in [5.41, 5.74) is 0. The average molecular weight is 277 g/mol. The minimum atomic E-state index is -0.162. The van der Waals surface area contributed by atoms with Gasteiger partial charge in [0.2, 0.25) is 0 Å². The van der Waals surface area contributed by atoms with Crippen LogP contribution in [0.15, 0.2) is 12.3 Å². The number of anilines is 1. The van der Waals surface area contributed by atoms with E-state index in [1.807, 2.05) is 13.2 Å². The van der Waals surface area contributed by atoms with Crippen molar-refractivity contribution >= 4 is 11.8 Å². The van der Waals surface area contributed by atoms with Crippen molar-refractivity contribution in [1.29, 1.82) is 0 Å². The number of carbonyl (C=O) groups is 1. The third kappa shape index (κ3) is 3.30. The summed E-state index contributed by atoms with van der Waals surface area (Å²) >= 11 is 0. The van der Waals surface area contributed by atoms with Gasteiger partial charge in [0.1, 0.15) is 0 Å². The lowest BCUT2D eigenvalue weighted by molar-refractivity contribution is 0.138. The number of aryl methyl sites for hydroxylation is 1. The SMILES string of the molecule is Cn1ccc(NC(=O)NCC2CCCCN2C2CC2)n1. The molecule has 6 nitrogen and oxygen atoms in total. The van der Waals surface area contributed by atoms with Crippen LogP contribution in [0.3, 0.4) is 0 Å². The van der Waals surface area contributed by atoms with Gasteiger partial charge in [-0.1, -0.05) is 6.42 Å². The second-order valence-corrected chi connectivity index (χ2v) is 5.83. The minimum Gasteiger partial charge on any atom is -0.336 e. The number of nitrogens with one attached hydrogen (secondary N) is 2. The Hall–Kier alpha value is -1.56. The quantitative estimate of drug-likeness (QED) is 0.878. The van der Waals surface area contributed by atoms with Crippen LogP contribution in [0, 0.1) is 0 Å². The number of hydrogen-bond donors (Lipinski definition) is 2. The fourth-order valence-electron chi connectivity index (χ4n) is 2.98. The van der Waals surface area contributed by atoms with Crippen LogP contribution in [0.4, 0.5) is 10.6 Å². The molecule has 0 aromatic carbocycles. The Kier molecular flexibility index (Phi) is 3.91. The van der Waals surface area contributed by atoms with Gasteiger partial charge in [-0.25, -0.2) is 4.79 Å². The van der Waals surface area contributed by atoms with Gasteiger partial charge in [-0.15, -0.1) is 0 Å². The molecule has 3 rings (SSSR count). The summed E-state index contributed by atoms with van der Waals surface area (Å²) in [7, 11) is 1.83. The van der Waals surface area contributed by atoms with E-state index in [0.717, 1.165) is 12.6 Å². The number of rotatable bonds is 4. The maximum atomic E-state index is 11.9. The largest absolute Gasteiger partial charge is 0.336 e. The van der Waals surface area contributed by atoms with E-state index in [9.17, 15) is 4.79 Å². The highest BCUT2D eigenvalue weighted by molar-refractivity contribution is 5.88. The van der Waals surface area contributed by atoms with Crippen LogP contribution in [-0.2, 0) is 7.05 Å². The van der Waals surface area contributed by atoms with E-state index in [4.69, 9.17) is 0 Å². The van der Waals surface area contributed by atoms with Gasteiger partial charge in [0.25, 0.3) is 0 Å². The van der Waals surface area contributed by atoms with Crippen LogP contribution in [0.1, 0.15) is 32.1 Å². The number of aromatic nitrogens is 2. The molecule has 1 unspecified atom stereocenters. The van der Waals surface area contributed by atoms with Gasteiger partial charge in [0.15, 0.2) is 5.82 Å². The molecule has 1 saturated heterocycles. The first kappa shape index (κ1) is 13.4. The Morgan fingerprint density at radius 3 is 2.95 bits per heavy atom. The Labute approximate surface area is 119 Å². The van der Waals surface area contributed by atoms with Crippen molar-refractivity contribution in [3.63, 3.8) is 0 Å². The predicted octanol–water partition coefficient (Wildman–Crippen LogP) is 1.56. The minimum absolute atomic E-state index is 0.162. The molecule has 1 atom stereocenters. The molecule has 2 aliphatic rings. The van der Waals surface area contributed by atoms with Gasteiger partial charge >= 0.3 is 6.03 Å². The second kappa shape index (κ2) is 5.83. The summed E-state index contributed by atoms with van der Waals surface area (Å²) < 4.78 is 1.67. The van der Waals surface area contributed by atoms with Crippen molar-refractivity contribution in [1.82, 2.24) is 20.0 Å². The highest BCUT2D eigenvalue weighted by atomic mass is 16.2. The lowest BCUT2D eigenvalue weighted by atomic mass is 10.0. The molecule has 1 aliphatic heterocycles. The molecule has 6 heteroatoms. The number of piperidine rings is 1. The fourth-order valence-corrected chi connectivity index (χ4v) is 2.98. The summed E-state index contributed by atoms with van der Waals surface area (Å²) in [6, 6.07) is 2.91. The van der Waals surface area contributed by atoms with Gasteiger partial charge in [-0.2, -0.15) is 5.10 Å². The summed E-state index contributed by atoms with van der Waals surface area (Å²) in [4.78, 5) is 14.5. The zero-order chi connectivity index (χ0) is 13.9. The van der Waals surface area contributed by atoms with Crippen molar-refractivity contribution in [3.8, 4) is 0 Å². The van der Waals surface area contributed by atoms with E-state index >= 15 is 0 Å². The van der Waals surface area contributed by atoms with Gasteiger partial charge in [0.05, 0.1) is 0 Å². The molecular formula is C14H23N5O. The molecule has 1 aliphatic carbocycles. The highest BCUT2D eigenvalue weighted by Crippen LogP contribution is 2.32. The Morgan fingerprint density at radius 1 is 1.40 bits per heavy atom. The van der Waals surface area contributed by atoms with E-state index in [2.05, 4.69) is 20.6 Å². The Balaban J connectivity index is 1.46. The molecule has 2 heterocycles. The average Bonchev–Trinajstić information content (AvgIpc) is 3.21. The Bertz CT molecular complexity index is 468. The summed E-state index contributed by atoms with van der Waals surface area (Å²) in [5, 5.41) is 9.88. The molecule has 110 valence electrons. The number of likely N-dealkylation sites (tertiary alicyclic amines) is 1. The number of amides is 2. The van der Waals surface area contributed by atoms with Crippen LogP contribution in [0.2, 0.25) is 0 Å². The fraction of sp³-hybridized carbons (Fsp3) is 0.714. The topological polar surface area (TPSA) is 62.2 Å². The summed E-state index contributed by atoms with van der Waals surface area (Å²) in [5.74, 6) is 0.590. The molecule has 1 saturated carbocycles. The molecule has 1 aromatic rings. The molecular weight excluding hydrogens is 254 g/mol. The molecule has 20 heavy (non-hydrogen) atoms. The zero-order valence-corrected chi connectivity index (χ0v) is 12.0. The van der Waals surface area contributed by atoms with Crippen LogP contribution >= 0.6 is 0 Å². The van der Waals surface area contributed by atoms with Crippen molar-refractivity contribution in [3.05, 3.63) is 12.3 Å². The van der Waals surface area contributed by atoms with Gasteiger partial charge < -0.3 is 5.32 Å². The van der Waals surface area contributed by atoms with Crippen molar-refractivity contribution < 1.29 is 4.79 Å². The molecule has 0 bridgehead atoms. The Morgan fingerprint density at radius 2 is 2.25 bits per heavy atom. The second-order valence-electron chi connectivity index (χ2n) is 5.83. The maximum absolute atomic E-state index is 11.9. The summed E-state index contributed by atoms with van der Waals surface area (Å²) in [6.07, 6.45) is 8.24. The lowest BCUT2D eigenvalue weighted by Crippen LogP contribution is -2.48. The van der Waals surface area contributed by atoms with Crippen LogP contribution < -0.4 is 10.6 Å². The van der Waals surface area contributed by atoms with Crippen molar-refractivity contribution in [2.24, 2.45) is 7.05 Å². The predicted molar refractivity (Wildman–Crippen MR) is 77.6 cm³/mol. The van der Waals surface area contributed by atoms with Crippen LogP contribution in [-0.4, -0.2) is 45.9 Å². The molecule has 2 N–H and O–H groups in total. The zero-order valence-electron chi connectivity index (χ0n) is 12.0. The van der Waals surface area contributed by atoms with Gasteiger partial charge in [-0.05, 0) is 32.2 Å². The number of nitrogens with zero attached hydrogens (tertiary/aromatic N) is 3. The smallest absolute Gasteiger partial charge is 0.320 e. The first-order valence-electron chi connectivity index (χ1n) is 7.52. The molecule has 0 spiro atoms. The molecule has 2 fully saturated rings. The third-order valence-corrected chi connectivity index (χ3v) is 4.14. The first-order valence-corrected chi connectivity index (χ1v) is 7.52. The normalized spacial score (nSPS) is 23.6. The molecule has 0 radical (unpaired) electrons. The van der Waals surface area contributed by atoms with E-state index < -0.39 is 0 Å². The molecule has 1 aromatic heterocycles. The number of carbonyl (C=O) groups excluding carboxylic acids is 1. The third-order valence-electron chi connectivity index (χ3n) is 4.14. The first-order chi connectivity index (χ1) is 9.72. The lowest BCUT2D eigenvalue weighted by Gasteiger charge is -2.35. The summed E-state index contributed by atoms with van der Waals surface area (Å²) in [6.45, 7) is 1.92. The van der Waals surface area contributed by atoms with E-state index in [-0.39, 0.29) is 6.03 Å². The maximum Gasteiger partial charge on any atom is 0.320 e. The number of hydrogen-bond acceptors (Lipinski definition) is 3. The molecule has 2 amide bonds. The van der Waals surface area contributed by atoms with Crippen molar-refractivity contribution in [2.45, 2.75) is 44.2 Å². The van der Waals surface area contributed by atoms with Gasteiger partial charge in [0, 0.05) is 37.9 Å². The van der Waals surface area contributed by atoms with Crippen molar-refractivity contribution in [2.75, 3.05) is 18.4 Å². The van der Waals surface area contributed by atoms with Crippen LogP contribution in [0.25, 0.3) is 0 Å². The van der Waals surface area contributed by atoms with E-state index in [1.54, 1.807) is 10.7 Å².